The molecule has 0 radical (unpaired) electrons. The fourth-order valence-electron chi connectivity index (χ4n) is 3.50. The largest absolute Gasteiger partial charge is 0.483 e. The summed E-state index contributed by atoms with van der Waals surface area (Å²) in [5.41, 5.74) is 2.61. The van der Waals surface area contributed by atoms with Gasteiger partial charge >= 0.3 is 0 Å². The van der Waals surface area contributed by atoms with Crippen molar-refractivity contribution in [3.05, 3.63) is 97.5 Å². The average Bonchev–Trinajstić information content (AvgIpc) is 2.84. The van der Waals surface area contributed by atoms with Gasteiger partial charge in [0.05, 0.1) is 17.1 Å². The van der Waals surface area contributed by atoms with Crippen LogP contribution in [0.2, 0.25) is 5.02 Å². The second-order valence-electron chi connectivity index (χ2n) is 8.53. The number of amides is 1. The van der Waals surface area contributed by atoms with Crippen molar-refractivity contribution in [2.24, 2.45) is 5.10 Å². The first-order valence-corrected chi connectivity index (χ1v) is 12.4. The predicted octanol–water partition coefficient (Wildman–Crippen LogP) is 6.14. The zero-order valence-electron chi connectivity index (χ0n) is 20.0. The van der Waals surface area contributed by atoms with Gasteiger partial charge in [0.15, 0.2) is 6.61 Å². The van der Waals surface area contributed by atoms with E-state index >= 15 is 0 Å². The van der Waals surface area contributed by atoms with Crippen LogP contribution in [0.4, 0.5) is 5.69 Å². The van der Waals surface area contributed by atoms with Gasteiger partial charge in [0.25, 0.3) is 11.5 Å². The summed E-state index contributed by atoms with van der Waals surface area (Å²) >= 11 is 9.61. The Morgan fingerprint density at radius 3 is 2.64 bits per heavy atom. The van der Waals surface area contributed by atoms with Crippen molar-refractivity contribution in [1.29, 1.82) is 0 Å². The minimum Gasteiger partial charge on any atom is -0.483 e. The van der Waals surface area contributed by atoms with Gasteiger partial charge in [-0.15, -0.1) is 0 Å². The second kappa shape index (κ2) is 11.1. The van der Waals surface area contributed by atoms with Crippen LogP contribution < -0.4 is 15.6 Å². The van der Waals surface area contributed by atoms with Crippen LogP contribution in [0.15, 0.2) is 75.0 Å². The lowest BCUT2D eigenvalue weighted by atomic mass is 10.2. The maximum Gasteiger partial charge on any atom is 0.282 e. The minimum atomic E-state index is -0.306. The number of hydrogen-bond acceptors (Lipinski definition) is 5. The molecule has 0 saturated heterocycles. The zero-order valence-corrected chi connectivity index (χ0v) is 22.3. The fourth-order valence-corrected chi connectivity index (χ4v) is 4.04. The van der Waals surface area contributed by atoms with E-state index in [4.69, 9.17) is 16.3 Å². The first-order chi connectivity index (χ1) is 17.2. The van der Waals surface area contributed by atoms with Crippen molar-refractivity contribution >= 4 is 56.2 Å². The van der Waals surface area contributed by atoms with Crippen molar-refractivity contribution in [3.8, 4) is 5.75 Å². The third-order valence-electron chi connectivity index (χ3n) is 5.33. The highest BCUT2D eigenvalue weighted by Gasteiger charge is 2.14. The molecule has 0 saturated carbocycles. The number of ether oxygens (including phenoxy) is 1. The van der Waals surface area contributed by atoms with Crippen LogP contribution >= 0.6 is 27.5 Å². The van der Waals surface area contributed by atoms with Gasteiger partial charge < -0.3 is 10.1 Å². The number of nitrogens with zero attached hydrogens (tertiary/aromatic N) is 3. The van der Waals surface area contributed by atoms with E-state index in [-0.39, 0.29) is 24.0 Å². The first kappa shape index (κ1) is 25.6. The zero-order chi connectivity index (χ0) is 25.8. The monoisotopic (exact) mass is 566 g/mol. The molecule has 7 nitrogen and oxygen atoms in total. The van der Waals surface area contributed by atoms with E-state index in [1.165, 1.54) is 10.9 Å². The van der Waals surface area contributed by atoms with E-state index in [0.717, 1.165) is 10.0 Å². The summed E-state index contributed by atoms with van der Waals surface area (Å²) in [4.78, 5) is 30.3. The normalized spacial score (nSPS) is 11.4. The Hall–Kier alpha value is -3.49. The summed E-state index contributed by atoms with van der Waals surface area (Å²) in [6.07, 6.45) is 1.48. The standard InChI is InChI=1S/C27H24BrClN4O3/c1-16(2)26-32-23-10-6-19(28)13-22(23)27(35)33(26)30-14-18-12-20(29)7-11-24(18)36-15-25(34)31-21-8-4-17(3)5-9-21/h4-14,16H,15H2,1-3H3,(H,31,34). The number of carbonyl (C=O) groups excluding carboxylic acids is 1. The molecule has 1 heterocycles. The topological polar surface area (TPSA) is 85.6 Å². The number of fused-ring (bicyclic) bond motifs is 1. The molecule has 9 heteroatoms. The van der Waals surface area contributed by atoms with Crippen LogP contribution in [0.5, 0.6) is 5.75 Å². The summed E-state index contributed by atoms with van der Waals surface area (Å²) in [6.45, 7) is 5.65. The van der Waals surface area contributed by atoms with Gasteiger partial charge in [0.2, 0.25) is 0 Å². The Bertz CT molecular complexity index is 1510. The number of nitrogens with one attached hydrogen (secondary N) is 1. The Kier molecular flexibility index (Phi) is 7.86. The highest BCUT2D eigenvalue weighted by molar-refractivity contribution is 9.10. The Morgan fingerprint density at radius 2 is 1.92 bits per heavy atom. The summed E-state index contributed by atoms with van der Waals surface area (Å²) in [5, 5.41) is 8.15. The third-order valence-corrected chi connectivity index (χ3v) is 6.06. The molecule has 0 bridgehead atoms. The van der Waals surface area contributed by atoms with Gasteiger partial charge in [-0.3, -0.25) is 9.59 Å². The van der Waals surface area contributed by atoms with Gasteiger partial charge in [0.1, 0.15) is 11.6 Å². The highest BCUT2D eigenvalue weighted by Crippen LogP contribution is 2.23. The summed E-state index contributed by atoms with van der Waals surface area (Å²) in [5.74, 6) is 0.564. The molecule has 36 heavy (non-hydrogen) atoms. The van der Waals surface area contributed by atoms with Crippen molar-refractivity contribution in [2.75, 3.05) is 11.9 Å². The van der Waals surface area contributed by atoms with Crippen molar-refractivity contribution in [2.45, 2.75) is 26.7 Å². The molecule has 4 rings (SSSR count). The van der Waals surface area contributed by atoms with Crippen molar-refractivity contribution in [1.82, 2.24) is 9.66 Å². The number of rotatable bonds is 7. The molecule has 184 valence electrons. The maximum atomic E-state index is 13.3. The smallest absolute Gasteiger partial charge is 0.282 e. The molecule has 1 amide bonds. The first-order valence-electron chi connectivity index (χ1n) is 11.3. The summed E-state index contributed by atoms with van der Waals surface area (Å²) in [7, 11) is 0. The molecular weight excluding hydrogens is 544 g/mol. The minimum absolute atomic E-state index is 0.0524. The lowest BCUT2D eigenvalue weighted by molar-refractivity contribution is -0.118. The van der Waals surface area contributed by atoms with Crippen LogP contribution in [0.25, 0.3) is 10.9 Å². The van der Waals surface area contributed by atoms with Crippen molar-refractivity contribution in [3.63, 3.8) is 0 Å². The number of halogens is 2. The Balaban J connectivity index is 1.61. The van der Waals surface area contributed by atoms with Crippen LogP contribution in [-0.4, -0.2) is 28.4 Å². The molecular formula is C27H24BrClN4O3. The third kappa shape index (κ3) is 6.01. The summed E-state index contributed by atoms with van der Waals surface area (Å²) < 4.78 is 7.82. The molecule has 0 spiro atoms. The quantitative estimate of drug-likeness (QED) is 0.272. The van der Waals surface area contributed by atoms with E-state index < -0.39 is 0 Å². The number of aromatic nitrogens is 2. The highest BCUT2D eigenvalue weighted by atomic mass is 79.9. The van der Waals surface area contributed by atoms with E-state index in [1.807, 2.05) is 51.1 Å². The molecule has 0 fully saturated rings. The number of benzene rings is 3. The molecule has 0 aliphatic rings. The molecule has 1 N–H and O–H groups in total. The lowest BCUT2D eigenvalue weighted by Crippen LogP contribution is -2.23. The Morgan fingerprint density at radius 1 is 1.17 bits per heavy atom. The van der Waals surface area contributed by atoms with Crippen LogP contribution in [0.3, 0.4) is 0 Å². The molecule has 0 aliphatic heterocycles. The molecule has 1 aromatic heterocycles. The number of aryl methyl sites for hydroxylation is 1. The van der Waals surface area contributed by atoms with Gasteiger partial charge in [-0.05, 0) is 55.5 Å². The average molecular weight is 568 g/mol. The van der Waals surface area contributed by atoms with Gasteiger partial charge in [0, 0.05) is 26.7 Å². The van der Waals surface area contributed by atoms with E-state index in [2.05, 4.69) is 31.3 Å². The maximum absolute atomic E-state index is 13.3. The van der Waals surface area contributed by atoms with Crippen molar-refractivity contribution < 1.29 is 9.53 Å². The van der Waals surface area contributed by atoms with Gasteiger partial charge in [-0.25, -0.2) is 4.98 Å². The number of hydrogen-bond donors (Lipinski definition) is 1. The number of carbonyl (C=O) groups is 1. The Labute approximate surface area is 221 Å². The SMILES string of the molecule is Cc1ccc(NC(=O)COc2ccc(Cl)cc2C=Nn2c(C(C)C)nc3ccc(Br)cc3c2=O)cc1. The van der Waals surface area contributed by atoms with E-state index in [0.29, 0.717) is 38.8 Å². The summed E-state index contributed by atoms with van der Waals surface area (Å²) in [6, 6.07) is 17.8. The van der Waals surface area contributed by atoms with Crippen LogP contribution in [-0.2, 0) is 4.79 Å². The number of anilines is 1. The van der Waals surface area contributed by atoms with Gasteiger partial charge in [-0.2, -0.15) is 9.78 Å². The molecule has 4 aromatic rings. The van der Waals surface area contributed by atoms with Gasteiger partial charge in [-0.1, -0.05) is 59.1 Å². The molecule has 0 atom stereocenters. The molecule has 0 unspecified atom stereocenters. The lowest BCUT2D eigenvalue weighted by Gasteiger charge is -2.13. The van der Waals surface area contributed by atoms with E-state index in [9.17, 15) is 9.59 Å². The molecule has 3 aromatic carbocycles. The van der Waals surface area contributed by atoms with Crippen LogP contribution in [0.1, 0.15) is 36.7 Å². The van der Waals surface area contributed by atoms with E-state index in [1.54, 1.807) is 30.3 Å². The predicted molar refractivity (Wildman–Crippen MR) is 148 cm³/mol. The fraction of sp³-hybridized carbons (Fsp3) is 0.185. The molecule has 0 aliphatic carbocycles. The van der Waals surface area contributed by atoms with Crippen LogP contribution in [0, 0.1) is 6.92 Å². The second-order valence-corrected chi connectivity index (χ2v) is 9.88.